The summed E-state index contributed by atoms with van der Waals surface area (Å²) in [6.45, 7) is 4.73. The van der Waals surface area contributed by atoms with Crippen molar-refractivity contribution in [3.8, 4) is 0 Å². The molecule has 0 atom stereocenters. The summed E-state index contributed by atoms with van der Waals surface area (Å²) >= 11 is 0. The van der Waals surface area contributed by atoms with Crippen molar-refractivity contribution in [2.45, 2.75) is 45.2 Å². The number of carbonyl (C=O) groups excluding carboxylic acids is 2. The van der Waals surface area contributed by atoms with Crippen LogP contribution in [0.2, 0.25) is 0 Å². The van der Waals surface area contributed by atoms with Crippen molar-refractivity contribution in [1.29, 1.82) is 0 Å². The summed E-state index contributed by atoms with van der Waals surface area (Å²) < 4.78 is 0. The van der Waals surface area contributed by atoms with Crippen LogP contribution >= 0.6 is 0 Å². The zero-order valence-electron chi connectivity index (χ0n) is 16.0. The Hall–Kier alpha value is -2.80. The maximum absolute atomic E-state index is 10.8. The summed E-state index contributed by atoms with van der Waals surface area (Å²) in [4.78, 5) is 29.0. The van der Waals surface area contributed by atoms with Gasteiger partial charge in [0.25, 0.3) is 0 Å². The van der Waals surface area contributed by atoms with E-state index in [0.29, 0.717) is 11.1 Å². The third kappa shape index (κ3) is 5.59. The van der Waals surface area contributed by atoms with Crippen molar-refractivity contribution in [2.24, 2.45) is 21.8 Å². The Morgan fingerprint density at radius 3 is 1.33 bits per heavy atom. The molecule has 1 aliphatic carbocycles. The van der Waals surface area contributed by atoms with E-state index in [0.717, 1.165) is 11.8 Å². The molecular weight excluding hydrogens is 336 g/mol. The predicted molar refractivity (Wildman–Crippen MR) is 107 cm³/mol. The van der Waals surface area contributed by atoms with Crippen LogP contribution in [-0.4, -0.2) is 12.2 Å². The molecule has 0 spiro atoms. The van der Waals surface area contributed by atoms with Crippen molar-refractivity contribution in [3.05, 3.63) is 71.8 Å². The van der Waals surface area contributed by atoms with E-state index in [1.807, 2.05) is 12.1 Å². The molecule has 1 aliphatic rings. The van der Waals surface area contributed by atoms with Crippen LogP contribution < -0.4 is 0 Å². The molecule has 27 heavy (non-hydrogen) atoms. The first-order chi connectivity index (χ1) is 13.1. The van der Waals surface area contributed by atoms with Crippen molar-refractivity contribution < 1.29 is 9.59 Å². The maximum atomic E-state index is 10.8. The Morgan fingerprint density at radius 2 is 1.04 bits per heavy atom. The first-order valence-corrected chi connectivity index (χ1v) is 9.41. The molecule has 0 N–H and O–H groups in total. The normalized spacial score (nSPS) is 18.9. The lowest BCUT2D eigenvalue weighted by Crippen LogP contribution is -2.22. The monoisotopic (exact) mass is 362 g/mol. The second-order valence-electron chi connectivity index (χ2n) is 7.18. The average Bonchev–Trinajstić information content (AvgIpc) is 2.72. The predicted octanol–water partition coefficient (Wildman–Crippen LogP) is 5.39. The van der Waals surface area contributed by atoms with Crippen molar-refractivity contribution in [3.63, 3.8) is 0 Å². The summed E-state index contributed by atoms with van der Waals surface area (Å²) in [6.07, 6.45) is 8.88. The fourth-order valence-electron chi connectivity index (χ4n) is 3.35. The Kier molecular flexibility index (Phi) is 7.88. The minimum Gasteiger partial charge on any atom is -0.211 e. The highest BCUT2D eigenvalue weighted by atomic mass is 16.1. The molecule has 0 unspecified atom stereocenters. The largest absolute Gasteiger partial charge is 0.238 e. The Morgan fingerprint density at radius 1 is 0.704 bits per heavy atom. The maximum Gasteiger partial charge on any atom is 0.238 e. The average molecular weight is 362 g/mol. The highest BCUT2D eigenvalue weighted by molar-refractivity contribution is 5.49. The number of benzene rings is 2. The van der Waals surface area contributed by atoms with E-state index < -0.39 is 5.66 Å². The molecule has 0 heterocycles. The van der Waals surface area contributed by atoms with Gasteiger partial charge in [0.1, 0.15) is 0 Å². The van der Waals surface area contributed by atoms with E-state index in [9.17, 15) is 9.59 Å². The Balaban J connectivity index is 0.000000273. The lowest BCUT2D eigenvalue weighted by Gasteiger charge is -2.22. The summed E-state index contributed by atoms with van der Waals surface area (Å²) in [5.41, 5.74) is -0.202. The van der Waals surface area contributed by atoms with Gasteiger partial charge in [-0.3, -0.25) is 0 Å². The molecule has 0 saturated heterocycles. The number of aliphatic imine (C=N–C) groups is 2. The van der Waals surface area contributed by atoms with E-state index in [1.165, 1.54) is 37.8 Å². The highest BCUT2D eigenvalue weighted by Gasteiger charge is 2.34. The van der Waals surface area contributed by atoms with Crippen LogP contribution in [0.3, 0.4) is 0 Å². The summed E-state index contributed by atoms with van der Waals surface area (Å²) in [7, 11) is 0. The third-order valence-corrected chi connectivity index (χ3v) is 5.07. The molecule has 0 radical (unpaired) electrons. The molecular formula is C23H26N2O2. The first kappa shape index (κ1) is 20.5. The standard InChI is InChI=1S/C15H10N2O2.C8H16/c18-11-16-15(17-12-19,13-7-3-1-4-8-13)14-9-5-2-6-10-14;1-7-3-5-8(2)6-4-7/h1-10H;7-8H,3-6H2,1-2H3. The molecule has 0 aliphatic heterocycles. The van der Waals surface area contributed by atoms with Gasteiger partial charge in [0.2, 0.25) is 17.8 Å². The van der Waals surface area contributed by atoms with Crippen LogP contribution in [0, 0.1) is 11.8 Å². The molecule has 1 fully saturated rings. The third-order valence-electron chi connectivity index (χ3n) is 5.07. The fourth-order valence-corrected chi connectivity index (χ4v) is 3.35. The van der Waals surface area contributed by atoms with E-state index in [2.05, 4.69) is 23.8 Å². The van der Waals surface area contributed by atoms with Gasteiger partial charge in [0.05, 0.1) is 0 Å². The molecule has 0 aromatic heterocycles. The highest BCUT2D eigenvalue weighted by Crippen LogP contribution is 2.34. The minimum absolute atomic E-state index is 0.605. The van der Waals surface area contributed by atoms with E-state index in [4.69, 9.17) is 0 Å². The molecule has 0 amide bonds. The lowest BCUT2D eigenvalue weighted by atomic mass is 9.84. The fraction of sp³-hybridized carbons (Fsp3) is 0.391. The number of hydrogen-bond acceptors (Lipinski definition) is 4. The van der Waals surface area contributed by atoms with Crippen molar-refractivity contribution >= 4 is 12.2 Å². The topological polar surface area (TPSA) is 58.9 Å². The van der Waals surface area contributed by atoms with E-state index in [1.54, 1.807) is 48.5 Å². The number of rotatable bonds is 4. The number of hydrogen-bond donors (Lipinski definition) is 0. The summed E-state index contributed by atoms with van der Waals surface area (Å²) in [5.74, 6) is 2.04. The molecule has 2 aromatic rings. The summed E-state index contributed by atoms with van der Waals surface area (Å²) in [5, 5.41) is 0. The molecule has 3 rings (SSSR count). The van der Waals surface area contributed by atoms with Gasteiger partial charge >= 0.3 is 0 Å². The van der Waals surface area contributed by atoms with E-state index in [-0.39, 0.29) is 0 Å². The summed E-state index contributed by atoms with van der Waals surface area (Å²) in [6, 6.07) is 17.8. The molecule has 4 nitrogen and oxygen atoms in total. The van der Waals surface area contributed by atoms with Gasteiger partial charge < -0.3 is 0 Å². The van der Waals surface area contributed by atoms with Gasteiger partial charge in [0.15, 0.2) is 0 Å². The molecule has 140 valence electrons. The lowest BCUT2D eigenvalue weighted by molar-refractivity contribution is 0.308. The zero-order chi connectivity index (χ0) is 19.5. The number of nitrogens with zero attached hydrogens (tertiary/aromatic N) is 2. The Bertz CT molecular complexity index is 714. The van der Waals surface area contributed by atoms with E-state index >= 15 is 0 Å². The van der Waals surface area contributed by atoms with Gasteiger partial charge in [0, 0.05) is 11.1 Å². The van der Waals surface area contributed by atoms with Gasteiger partial charge in [-0.2, -0.15) is 9.98 Å². The van der Waals surface area contributed by atoms with Crippen molar-refractivity contribution in [2.75, 3.05) is 0 Å². The smallest absolute Gasteiger partial charge is 0.211 e. The SMILES string of the molecule is CC1CCC(C)CC1.O=C=NC(N=C=O)(c1ccccc1)c1ccccc1. The van der Waals surface area contributed by atoms with Crippen LogP contribution in [0.4, 0.5) is 0 Å². The van der Waals surface area contributed by atoms with Crippen molar-refractivity contribution in [1.82, 2.24) is 0 Å². The van der Waals surface area contributed by atoms with Gasteiger partial charge in [-0.15, -0.1) is 0 Å². The van der Waals surface area contributed by atoms with Gasteiger partial charge in [-0.1, -0.05) is 100 Å². The van der Waals surface area contributed by atoms with Gasteiger partial charge in [-0.25, -0.2) is 9.59 Å². The molecule has 1 saturated carbocycles. The van der Waals surface area contributed by atoms with Crippen LogP contribution in [0.25, 0.3) is 0 Å². The quantitative estimate of drug-likeness (QED) is 0.541. The van der Waals surface area contributed by atoms with Crippen LogP contribution in [-0.2, 0) is 15.3 Å². The number of isocyanates is 2. The second kappa shape index (κ2) is 10.4. The first-order valence-electron chi connectivity index (χ1n) is 9.41. The van der Waals surface area contributed by atoms with Crippen LogP contribution in [0.15, 0.2) is 70.6 Å². The Labute approximate surface area is 161 Å². The van der Waals surface area contributed by atoms with Crippen LogP contribution in [0.1, 0.15) is 50.7 Å². The molecule has 2 aromatic carbocycles. The molecule has 4 heteroatoms. The second-order valence-corrected chi connectivity index (χ2v) is 7.18. The zero-order valence-corrected chi connectivity index (χ0v) is 16.0. The minimum atomic E-state index is -1.41. The van der Waals surface area contributed by atoms with Gasteiger partial charge in [-0.05, 0) is 11.8 Å². The molecule has 0 bridgehead atoms. The van der Waals surface area contributed by atoms with Crippen LogP contribution in [0.5, 0.6) is 0 Å².